The van der Waals surface area contributed by atoms with Gasteiger partial charge in [0, 0.05) is 18.7 Å². The summed E-state index contributed by atoms with van der Waals surface area (Å²) in [6.45, 7) is 1.24. The van der Waals surface area contributed by atoms with Crippen LogP contribution in [0.1, 0.15) is 44.6 Å². The summed E-state index contributed by atoms with van der Waals surface area (Å²) >= 11 is 0. The fourth-order valence-corrected chi connectivity index (χ4v) is 5.51. The zero-order valence-electron chi connectivity index (χ0n) is 22.3. The normalized spacial score (nSPS) is 14.6. The minimum absolute atomic E-state index is 0.00700. The number of benzene rings is 2. The molecule has 0 radical (unpaired) electrons. The van der Waals surface area contributed by atoms with Gasteiger partial charge in [-0.2, -0.15) is 0 Å². The summed E-state index contributed by atoms with van der Waals surface area (Å²) in [5, 5.41) is 3.05. The van der Waals surface area contributed by atoms with Crippen molar-refractivity contribution in [2.75, 3.05) is 31.3 Å². The second kappa shape index (κ2) is 12.9. The predicted molar refractivity (Wildman–Crippen MR) is 143 cm³/mol. The zero-order chi connectivity index (χ0) is 27.9. The van der Waals surface area contributed by atoms with Crippen LogP contribution in [0.25, 0.3) is 0 Å². The number of carbonyl (C=O) groups excluding carboxylic acids is 2. The molecule has 9 nitrogen and oxygen atoms in total. The van der Waals surface area contributed by atoms with Crippen molar-refractivity contribution in [3.63, 3.8) is 0 Å². The van der Waals surface area contributed by atoms with E-state index in [1.54, 1.807) is 13.0 Å². The number of amides is 2. The van der Waals surface area contributed by atoms with Crippen LogP contribution in [-0.4, -0.2) is 64.2 Å². The largest absolute Gasteiger partial charge is 0.497 e. The lowest BCUT2D eigenvalue weighted by Gasteiger charge is -2.33. The summed E-state index contributed by atoms with van der Waals surface area (Å²) in [7, 11) is -1.07. The molecule has 38 heavy (non-hydrogen) atoms. The van der Waals surface area contributed by atoms with Gasteiger partial charge in [0.05, 0.1) is 26.2 Å². The van der Waals surface area contributed by atoms with E-state index in [-0.39, 0.29) is 29.9 Å². The molecule has 0 bridgehead atoms. The molecule has 1 fully saturated rings. The van der Waals surface area contributed by atoms with Crippen LogP contribution in [0.3, 0.4) is 0 Å². The molecule has 11 heteroatoms. The Hall–Kier alpha value is -3.34. The molecule has 1 aliphatic rings. The highest BCUT2D eigenvalue weighted by atomic mass is 32.2. The highest BCUT2D eigenvalue weighted by molar-refractivity contribution is 7.92. The van der Waals surface area contributed by atoms with Crippen LogP contribution < -0.4 is 19.1 Å². The summed E-state index contributed by atoms with van der Waals surface area (Å²) in [6, 6.07) is 9.45. The molecule has 1 aliphatic carbocycles. The topological polar surface area (TPSA) is 105 Å². The number of rotatable bonds is 12. The molecule has 0 heterocycles. The first kappa shape index (κ1) is 29.2. The lowest BCUT2D eigenvalue weighted by Crippen LogP contribution is -2.53. The predicted octanol–water partition coefficient (Wildman–Crippen LogP) is 3.48. The second-order valence-corrected chi connectivity index (χ2v) is 11.3. The Balaban J connectivity index is 1.96. The van der Waals surface area contributed by atoms with Crippen molar-refractivity contribution in [1.29, 1.82) is 0 Å². The van der Waals surface area contributed by atoms with E-state index in [0.29, 0.717) is 17.7 Å². The van der Waals surface area contributed by atoms with E-state index in [9.17, 15) is 22.4 Å². The minimum atomic E-state index is -3.93. The number of nitrogens with one attached hydrogen (secondary N) is 1. The van der Waals surface area contributed by atoms with Gasteiger partial charge in [-0.3, -0.25) is 13.9 Å². The van der Waals surface area contributed by atoms with Gasteiger partial charge < -0.3 is 19.7 Å². The highest BCUT2D eigenvalue weighted by Crippen LogP contribution is 2.34. The third-order valence-electron chi connectivity index (χ3n) is 6.69. The van der Waals surface area contributed by atoms with Crippen molar-refractivity contribution >= 4 is 27.5 Å². The number of nitrogens with zero attached hydrogens (tertiary/aromatic N) is 2. The van der Waals surface area contributed by atoms with Crippen molar-refractivity contribution in [3.05, 3.63) is 53.8 Å². The summed E-state index contributed by atoms with van der Waals surface area (Å²) in [5.41, 5.74) is 0.772. The molecule has 2 amide bonds. The molecule has 0 unspecified atom stereocenters. The van der Waals surface area contributed by atoms with Gasteiger partial charge in [-0.15, -0.1) is 0 Å². The van der Waals surface area contributed by atoms with E-state index in [0.717, 1.165) is 36.2 Å². The lowest BCUT2D eigenvalue weighted by molar-refractivity contribution is -0.140. The molecule has 2 aromatic rings. The Morgan fingerprint density at radius 3 is 2.29 bits per heavy atom. The molecule has 1 N–H and O–H groups in total. The van der Waals surface area contributed by atoms with Gasteiger partial charge in [-0.25, -0.2) is 12.8 Å². The Bertz CT molecular complexity index is 1220. The molecule has 0 aliphatic heterocycles. The SMILES string of the molecule is CC[C@H](C(=O)NC1CCCC1)N(Cc1ccc(F)cc1)C(=O)CN(c1ccc(OC)cc1OC)S(C)(=O)=O. The third-order valence-corrected chi connectivity index (χ3v) is 7.81. The maximum atomic E-state index is 13.8. The van der Waals surface area contributed by atoms with Gasteiger partial charge in [0.15, 0.2) is 0 Å². The van der Waals surface area contributed by atoms with Gasteiger partial charge in [0.2, 0.25) is 21.8 Å². The van der Waals surface area contributed by atoms with Gasteiger partial charge >= 0.3 is 0 Å². The average Bonchev–Trinajstić information content (AvgIpc) is 3.40. The Morgan fingerprint density at radius 1 is 1.08 bits per heavy atom. The molecule has 208 valence electrons. The van der Waals surface area contributed by atoms with E-state index < -0.39 is 34.3 Å². The van der Waals surface area contributed by atoms with E-state index in [1.165, 1.54) is 55.5 Å². The summed E-state index contributed by atoms with van der Waals surface area (Å²) in [6.07, 6.45) is 5.15. The summed E-state index contributed by atoms with van der Waals surface area (Å²) < 4.78 is 50.8. The molecular weight excluding hydrogens is 513 g/mol. The first-order chi connectivity index (χ1) is 18.1. The van der Waals surface area contributed by atoms with Crippen LogP contribution in [0, 0.1) is 5.82 Å². The molecule has 0 spiro atoms. The van der Waals surface area contributed by atoms with Crippen molar-refractivity contribution < 1.29 is 31.9 Å². The molecule has 1 saturated carbocycles. The van der Waals surface area contributed by atoms with Crippen molar-refractivity contribution in [1.82, 2.24) is 10.2 Å². The number of hydrogen-bond donors (Lipinski definition) is 1. The van der Waals surface area contributed by atoms with Crippen LogP contribution >= 0.6 is 0 Å². The van der Waals surface area contributed by atoms with Crippen LogP contribution in [0.15, 0.2) is 42.5 Å². The number of ether oxygens (including phenoxy) is 2. The standard InChI is InChI=1S/C27H36FN3O6S/c1-5-23(27(33)29-21-8-6-7-9-21)30(17-19-10-12-20(28)13-11-19)26(32)18-31(38(4,34)35)24-15-14-22(36-2)16-25(24)37-3/h10-16,21,23H,5-9,17-18H2,1-4H3,(H,29,33)/t23-/m1/s1. The van der Waals surface area contributed by atoms with Crippen LogP contribution in [0.2, 0.25) is 0 Å². The van der Waals surface area contributed by atoms with E-state index >= 15 is 0 Å². The third kappa shape index (κ3) is 7.37. The number of halogens is 1. The van der Waals surface area contributed by atoms with Gasteiger partial charge in [-0.1, -0.05) is 31.9 Å². The number of carbonyl (C=O) groups is 2. The van der Waals surface area contributed by atoms with Crippen LogP contribution in [0.4, 0.5) is 10.1 Å². The molecular formula is C27H36FN3O6S. The van der Waals surface area contributed by atoms with Gasteiger partial charge in [0.1, 0.15) is 29.9 Å². The second-order valence-electron chi connectivity index (χ2n) is 9.37. The van der Waals surface area contributed by atoms with E-state index in [4.69, 9.17) is 9.47 Å². The molecule has 3 rings (SSSR count). The monoisotopic (exact) mass is 549 g/mol. The number of hydrogen-bond acceptors (Lipinski definition) is 6. The fourth-order valence-electron chi connectivity index (χ4n) is 4.66. The fraction of sp³-hybridized carbons (Fsp3) is 0.481. The molecule has 0 aromatic heterocycles. The average molecular weight is 550 g/mol. The van der Waals surface area contributed by atoms with Gasteiger partial charge in [-0.05, 0) is 49.1 Å². The van der Waals surface area contributed by atoms with E-state index in [2.05, 4.69) is 5.32 Å². The van der Waals surface area contributed by atoms with Crippen molar-refractivity contribution in [2.24, 2.45) is 0 Å². The van der Waals surface area contributed by atoms with Crippen molar-refractivity contribution in [3.8, 4) is 11.5 Å². The maximum Gasteiger partial charge on any atom is 0.244 e. The van der Waals surface area contributed by atoms with Gasteiger partial charge in [0.25, 0.3) is 0 Å². The Labute approximate surface area is 224 Å². The smallest absolute Gasteiger partial charge is 0.244 e. The first-order valence-corrected chi connectivity index (χ1v) is 14.5. The number of methoxy groups -OCH3 is 2. The Morgan fingerprint density at radius 2 is 1.74 bits per heavy atom. The Kier molecular flexibility index (Phi) is 9.96. The number of anilines is 1. The van der Waals surface area contributed by atoms with Crippen LogP contribution in [0.5, 0.6) is 11.5 Å². The minimum Gasteiger partial charge on any atom is -0.497 e. The maximum absolute atomic E-state index is 13.8. The van der Waals surface area contributed by atoms with E-state index in [1.807, 2.05) is 0 Å². The summed E-state index contributed by atoms with van der Waals surface area (Å²) in [4.78, 5) is 28.5. The van der Waals surface area contributed by atoms with Crippen LogP contribution in [-0.2, 0) is 26.2 Å². The van der Waals surface area contributed by atoms with Crippen molar-refractivity contribution in [2.45, 2.75) is 57.7 Å². The molecule has 1 atom stereocenters. The highest BCUT2D eigenvalue weighted by Gasteiger charge is 2.33. The molecule has 0 saturated heterocycles. The number of sulfonamides is 1. The first-order valence-electron chi connectivity index (χ1n) is 12.6. The summed E-state index contributed by atoms with van der Waals surface area (Å²) in [5.74, 6) is -0.627. The molecule has 2 aromatic carbocycles. The lowest BCUT2D eigenvalue weighted by atomic mass is 10.1. The zero-order valence-corrected chi connectivity index (χ0v) is 23.1. The quantitative estimate of drug-likeness (QED) is 0.435.